The Kier molecular flexibility index (Phi) is 5.63. The van der Waals surface area contributed by atoms with Gasteiger partial charge in [-0.1, -0.05) is 13.2 Å². The summed E-state index contributed by atoms with van der Waals surface area (Å²) in [6.45, 7) is 1.94. The van der Waals surface area contributed by atoms with Crippen LogP contribution >= 0.6 is 12.9 Å². The SMILES string of the molecule is CC[B]OOS. The summed E-state index contributed by atoms with van der Waals surface area (Å²) in [4.78, 5) is 4.22. The first-order chi connectivity index (χ1) is 2.91. The van der Waals surface area contributed by atoms with Gasteiger partial charge in [0.25, 0.3) is 0 Å². The van der Waals surface area contributed by atoms with Crippen molar-refractivity contribution in [3.05, 3.63) is 0 Å². The van der Waals surface area contributed by atoms with Crippen LogP contribution < -0.4 is 0 Å². The van der Waals surface area contributed by atoms with E-state index in [1.54, 1.807) is 0 Å². The normalized spacial score (nSPS) is 8.33. The van der Waals surface area contributed by atoms with E-state index in [4.69, 9.17) is 0 Å². The fourth-order valence-corrected chi connectivity index (χ4v) is 0.159. The molecule has 2 nitrogen and oxygen atoms in total. The van der Waals surface area contributed by atoms with Gasteiger partial charge in [-0.15, -0.1) is 0 Å². The van der Waals surface area contributed by atoms with Gasteiger partial charge in [-0.2, -0.15) is 4.33 Å². The number of hydrogen-bond donors (Lipinski definition) is 1. The second-order valence-corrected chi connectivity index (χ2v) is 0.895. The second-order valence-electron chi connectivity index (χ2n) is 0.746. The van der Waals surface area contributed by atoms with E-state index in [2.05, 4.69) is 22.0 Å². The first-order valence-corrected chi connectivity index (χ1v) is 2.07. The molecule has 0 spiro atoms. The Balaban J connectivity index is 2.34. The third kappa shape index (κ3) is 4.33. The molecule has 0 aromatic carbocycles. The molecule has 35 valence electrons. The summed E-state index contributed by atoms with van der Waals surface area (Å²) in [6.07, 6.45) is 0.834. The van der Waals surface area contributed by atoms with E-state index in [1.807, 2.05) is 6.92 Å². The highest BCUT2D eigenvalue weighted by Gasteiger charge is 1.81. The van der Waals surface area contributed by atoms with Crippen molar-refractivity contribution in [2.75, 3.05) is 0 Å². The van der Waals surface area contributed by atoms with Crippen LogP contribution in [0.2, 0.25) is 6.32 Å². The fraction of sp³-hybridized carbons (Fsp3) is 1.00. The summed E-state index contributed by atoms with van der Waals surface area (Å²) >= 11 is 3.30. The van der Waals surface area contributed by atoms with Crippen molar-refractivity contribution in [1.29, 1.82) is 0 Å². The topological polar surface area (TPSA) is 18.5 Å². The highest BCUT2D eigenvalue weighted by molar-refractivity contribution is 7.75. The van der Waals surface area contributed by atoms with Crippen LogP contribution in [0.5, 0.6) is 0 Å². The van der Waals surface area contributed by atoms with Gasteiger partial charge in [0.1, 0.15) is 0 Å². The van der Waals surface area contributed by atoms with Crippen molar-refractivity contribution in [2.45, 2.75) is 13.2 Å². The standard InChI is InChI=1S/C2H6BO2S/c1-2-3-4-5-6/h6H,2H2,1H3. The molecule has 0 aromatic rings. The Labute approximate surface area is 43.6 Å². The van der Waals surface area contributed by atoms with Gasteiger partial charge in [-0.05, 0) is 0 Å². The molecule has 0 rings (SSSR count). The van der Waals surface area contributed by atoms with Crippen molar-refractivity contribution in [3.63, 3.8) is 0 Å². The molecule has 0 aliphatic rings. The minimum Gasteiger partial charge on any atom is -0.299 e. The largest absolute Gasteiger partial charge is 0.345 e. The predicted molar refractivity (Wildman–Crippen MR) is 27.4 cm³/mol. The molecule has 0 amide bonds. The molecule has 0 heterocycles. The molecule has 0 saturated carbocycles. The van der Waals surface area contributed by atoms with Crippen LogP contribution in [0.15, 0.2) is 0 Å². The molecule has 6 heavy (non-hydrogen) atoms. The maximum atomic E-state index is 4.22. The smallest absolute Gasteiger partial charge is 0.299 e. The molecule has 0 atom stereocenters. The minimum atomic E-state index is 0.834. The average Bonchev–Trinajstić information content (AvgIpc) is 1.61. The van der Waals surface area contributed by atoms with Gasteiger partial charge in [-0.3, -0.25) is 4.81 Å². The first-order valence-electron chi connectivity index (χ1n) is 1.70. The zero-order valence-corrected chi connectivity index (χ0v) is 4.44. The van der Waals surface area contributed by atoms with Crippen LogP contribution in [0.25, 0.3) is 0 Å². The van der Waals surface area contributed by atoms with Gasteiger partial charge in [0.15, 0.2) is 0 Å². The Morgan fingerprint density at radius 3 is 2.67 bits per heavy atom. The average molecular weight is 105 g/mol. The van der Waals surface area contributed by atoms with Crippen LogP contribution in [-0.2, 0) is 9.14 Å². The Morgan fingerprint density at radius 1 is 1.83 bits per heavy atom. The van der Waals surface area contributed by atoms with E-state index in [0.29, 0.717) is 0 Å². The van der Waals surface area contributed by atoms with E-state index >= 15 is 0 Å². The maximum absolute atomic E-state index is 4.22. The van der Waals surface area contributed by atoms with Crippen LogP contribution in [0.3, 0.4) is 0 Å². The Hall–Kier alpha value is 0.335. The number of thiol groups is 1. The molecule has 0 unspecified atom stereocenters. The summed E-state index contributed by atoms with van der Waals surface area (Å²) in [5, 5.41) is 0. The molecule has 1 radical (unpaired) electrons. The summed E-state index contributed by atoms with van der Waals surface area (Å²) in [7, 11) is 1.51. The molecule has 0 N–H and O–H groups in total. The van der Waals surface area contributed by atoms with E-state index in [-0.39, 0.29) is 0 Å². The molecule has 0 bridgehead atoms. The third-order valence-corrected chi connectivity index (χ3v) is 0.364. The Bertz CT molecular complexity index is 23.5. The molecule has 0 fully saturated rings. The van der Waals surface area contributed by atoms with Gasteiger partial charge < -0.3 is 0 Å². The van der Waals surface area contributed by atoms with E-state index in [1.165, 1.54) is 7.48 Å². The second kappa shape index (κ2) is 5.33. The van der Waals surface area contributed by atoms with Crippen LogP contribution in [-0.4, -0.2) is 7.48 Å². The monoisotopic (exact) mass is 105 g/mol. The maximum Gasteiger partial charge on any atom is 0.345 e. The molecule has 0 aliphatic heterocycles. The number of rotatable bonds is 3. The van der Waals surface area contributed by atoms with E-state index in [0.717, 1.165) is 6.32 Å². The summed E-state index contributed by atoms with van der Waals surface area (Å²) in [6, 6.07) is 0. The van der Waals surface area contributed by atoms with Gasteiger partial charge in [-0.25, -0.2) is 0 Å². The lowest BCUT2D eigenvalue weighted by atomic mass is 9.99. The zero-order chi connectivity index (χ0) is 4.83. The van der Waals surface area contributed by atoms with Gasteiger partial charge >= 0.3 is 7.48 Å². The molecule has 0 aromatic heterocycles. The lowest BCUT2D eigenvalue weighted by Crippen LogP contribution is -1.89. The summed E-state index contributed by atoms with van der Waals surface area (Å²) in [5.41, 5.74) is 0. The summed E-state index contributed by atoms with van der Waals surface area (Å²) in [5.74, 6) is 0. The van der Waals surface area contributed by atoms with Crippen molar-refractivity contribution in [3.8, 4) is 0 Å². The molecular weight excluding hydrogens is 98.9 g/mol. The first kappa shape index (κ1) is 6.33. The highest BCUT2D eigenvalue weighted by atomic mass is 32.1. The van der Waals surface area contributed by atoms with Crippen LogP contribution in [0.1, 0.15) is 6.92 Å². The van der Waals surface area contributed by atoms with Crippen LogP contribution in [0, 0.1) is 0 Å². The fourth-order valence-electron chi connectivity index (χ4n) is 0.0985. The van der Waals surface area contributed by atoms with Gasteiger partial charge in [0.05, 0.1) is 0 Å². The predicted octanol–water partition coefficient (Wildman–Crippen LogP) is 0.837. The van der Waals surface area contributed by atoms with Crippen molar-refractivity contribution in [1.82, 2.24) is 0 Å². The molecule has 0 saturated heterocycles. The lowest BCUT2D eigenvalue weighted by Gasteiger charge is -1.87. The number of hydrogen-bond acceptors (Lipinski definition) is 3. The highest BCUT2D eigenvalue weighted by Crippen LogP contribution is 1.80. The van der Waals surface area contributed by atoms with Gasteiger partial charge in [0, 0.05) is 12.9 Å². The van der Waals surface area contributed by atoms with Crippen molar-refractivity contribution >= 4 is 20.4 Å². The third-order valence-electron chi connectivity index (χ3n) is 0.278. The quantitative estimate of drug-likeness (QED) is 0.143. The van der Waals surface area contributed by atoms with Gasteiger partial charge in [0.2, 0.25) is 0 Å². The van der Waals surface area contributed by atoms with E-state index < -0.39 is 0 Å². The summed E-state index contributed by atoms with van der Waals surface area (Å²) < 4.78 is 3.92. The zero-order valence-electron chi connectivity index (χ0n) is 3.55. The molecular formula is C2H6BO2S. The van der Waals surface area contributed by atoms with Crippen molar-refractivity contribution < 1.29 is 9.14 Å². The van der Waals surface area contributed by atoms with E-state index in [9.17, 15) is 0 Å². The van der Waals surface area contributed by atoms with Crippen LogP contribution in [0.4, 0.5) is 0 Å². The minimum absolute atomic E-state index is 0.834. The lowest BCUT2D eigenvalue weighted by molar-refractivity contribution is -0.0728. The molecule has 4 heteroatoms. The van der Waals surface area contributed by atoms with Crippen molar-refractivity contribution in [2.24, 2.45) is 0 Å². The molecule has 0 aliphatic carbocycles. The Morgan fingerprint density at radius 2 is 2.50 bits per heavy atom.